The van der Waals surface area contributed by atoms with Crippen molar-refractivity contribution >= 4 is 29.5 Å². The van der Waals surface area contributed by atoms with Gasteiger partial charge >= 0.3 is 0 Å². The molecule has 3 saturated heterocycles. The molecule has 3 aliphatic heterocycles. The molecule has 2 bridgehead atoms. The van der Waals surface area contributed by atoms with E-state index in [1.165, 1.54) is 4.90 Å². The fourth-order valence-corrected chi connectivity index (χ4v) is 6.03. The molecule has 6 unspecified atom stereocenters. The minimum Gasteiger partial charge on any atom is -0.373 e. The molecule has 0 radical (unpaired) electrons. The van der Waals surface area contributed by atoms with Crippen LogP contribution in [0.1, 0.15) is 39.0 Å². The number of nitrogens with zero attached hydrogens (tertiary/aromatic N) is 1. The second-order valence-electron chi connectivity index (χ2n) is 7.20. The maximum atomic E-state index is 12.6. The number of carbonyl (C=O) groups excluding carboxylic acids is 3. The van der Waals surface area contributed by atoms with Gasteiger partial charge in [0.25, 0.3) is 0 Å². The molecule has 4 rings (SSSR count). The lowest BCUT2D eigenvalue weighted by molar-refractivity contribution is -0.146. The third-order valence-electron chi connectivity index (χ3n) is 5.86. The molecule has 0 aromatic rings. The quantitative estimate of drug-likeness (QED) is 0.745. The molecular formula is C17H24N2O4S. The standard InChI is InChI=1S/C17H24N2O4S/c1-2-24-12-5-3-4-9(12)18-13(20)8-19-16(21)14-10-6-7-11(23-10)15(14)17(19)22/h9-12,14-15H,2-8H2,1H3,(H,18,20). The molecule has 1 aliphatic carbocycles. The van der Waals surface area contributed by atoms with Crippen molar-refractivity contribution in [2.45, 2.75) is 62.5 Å². The lowest BCUT2D eigenvalue weighted by atomic mass is 9.81. The molecular weight excluding hydrogens is 328 g/mol. The van der Waals surface area contributed by atoms with Gasteiger partial charge in [-0.05, 0) is 31.4 Å². The number of amides is 3. The van der Waals surface area contributed by atoms with E-state index in [9.17, 15) is 14.4 Å². The van der Waals surface area contributed by atoms with E-state index >= 15 is 0 Å². The van der Waals surface area contributed by atoms with E-state index in [0.29, 0.717) is 5.25 Å². The van der Waals surface area contributed by atoms with Crippen molar-refractivity contribution in [2.75, 3.05) is 12.3 Å². The number of carbonyl (C=O) groups is 3. The van der Waals surface area contributed by atoms with Crippen LogP contribution < -0.4 is 5.32 Å². The highest BCUT2D eigenvalue weighted by molar-refractivity contribution is 7.99. The first kappa shape index (κ1) is 16.4. The van der Waals surface area contributed by atoms with Crippen LogP contribution in [0.3, 0.4) is 0 Å². The van der Waals surface area contributed by atoms with Crippen LogP contribution in [-0.2, 0) is 19.1 Å². The molecule has 1 N–H and O–H groups in total. The zero-order valence-electron chi connectivity index (χ0n) is 13.9. The molecule has 6 nitrogen and oxygen atoms in total. The maximum absolute atomic E-state index is 12.6. The summed E-state index contributed by atoms with van der Waals surface area (Å²) < 4.78 is 5.71. The van der Waals surface area contributed by atoms with E-state index in [2.05, 4.69) is 12.2 Å². The number of thioether (sulfide) groups is 1. The van der Waals surface area contributed by atoms with Crippen molar-refractivity contribution in [3.05, 3.63) is 0 Å². The largest absolute Gasteiger partial charge is 0.373 e. The normalized spacial score (nSPS) is 40.5. The first-order valence-electron chi connectivity index (χ1n) is 9.01. The number of likely N-dealkylation sites (tertiary alicyclic amines) is 1. The van der Waals surface area contributed by atoms with E-state index in [1.807, 2.05) is 11.8 Å². The minimum absolute atomic E-state index is 0.121. The van der Waals surface area contributed by atoms with E-state index in [4.69, 9.17) is 4.74 Å². The topological polar surface area (TPSA) is 75.7 Å². The van der Waals surface area contributed by atoms with E-state index in [-0.39, 0.29) is 54.4 Å². The number of ether oxygens (including phenoxy) is 1. The van der Waals surface area contributed by atoms with Gasteiger partial charge in [-0.1, -0.05) is 13.3 Å². The molecule has 1 saturated carbocycles. The number of rotatable bonds is 5. The van der Waals surface area contributed by atoms with Crippen molar-refractivity contribution in [3.63, 3.8) is 0 Å². The van der Waals surface area contributed by atoms with Gasteiger partial charge in [0.1, 0.15) is 6.54 Å². The molecule has 3 amide bonds. The predicted molar refractivity (Wildman–Crippen MR) is 89.3 cm³/mol. The van der Waals surface area contributed by atoms with Gasteiger partial charge in [0.2, 0.25) is 17.7 Å². The molecule has 6 atom stereocenters. The van der Waals surface area contributed by atoms with Crippen molar-refractivity contribution in [2.24, 2.45) is 11.8 Å². The van der Waals surface area contributed by atoms with Crippen LogP contribution in [0.4, 0.5) is 0 Å². The van der Waals surface area contributed by atoms with Crippen LogP contribution in [0.2, 0.25) is 0 Å². The molecule has 0 aromatic carbocycles. The van der Waals surface area contributed by atoms with Crippen LogP contribution in [0.25, 0.3) is 0 Å². The van der Waals surface area contributed by atoms with Crippen LogP contribution in [0, 0.1) is 11.8 Å². The molecule has 7 heteroatoms. The SMILES string of the molecule is CCSC1CCCC1NC(=O)CN1C(=O)C2C3CCC(O3)C2C1=O. The summed E-state index contributed by atoms with van der Waals surface area (Å²) >= 11 is 1.88. The molecule has 132 valence electrons. The van der Waals surface area contributed by atoms with Gasteiger partial charge in [0.15, 0.2) is 0 Å². The molecule has 0 aromatic heterocycles. The van der Waals surface area contributed by atoms with Gasteiger partial charge in [0, 0.05) is 11.3 Å². The Balaban J connectivity index is 1.38. The molecule has 4 fully saturated rings. The Hall–Kier alpha value is -1.08. The van der Waals surface area contributed by atoms with Gasteiger partial charge in [-0.3, -0.25) is 19.3 Å². The number of hydrogen-bond donors (Lipinski definition) is 1. The predicted octanol–water partition coefficient (Wildman–Crippen LogP) is 0.939. The molecule has 0 spiro atoms. The number of imide groups is 1. The highest BCUT2D eigenvalue weighted by Gasteiger charge is 2.62. The number of fused-ring (bicyclic) bond motifs is 5. The number of nitrogens with one attached hydrogen (secondary N) is 1. The Morgan fingerprint density at radius 1 is 1.17 bits per heavy atom. The fourth-order valence-electron chi connectivity index (χ4n) is 4.83. The minimum atomic E-state index is -0.348. The summed E-state index contributed by atoms with van der Waals surface area (Å²) in [6.07, 6.45) is 4.68. The monoisotopic (exact) mass is 352 g/mol. The van der Waals surface area contributed by atoms with Crippen molar-refractivity contribution in [1.29, 1.82) is 0 Å². The molecule has 4 aliphatic rings. The van der Waals surface area contributed by atoms with Crippen molar-refractivity contribution in [3.8, 4) is 0 Å². The third kappa shape index (κ3) is 2.56. The summed E-state index contributed by atoms with van der Waals surface area (Å²) in [5.74, 6) is -0.292. The van der Waals surface area contributed by atoms with Crippen molar-refractivity contribution in [1.82, 2.24) is 10.2 Å². The van der Waals surface area contributed by atoms with E-state index in [0.717, 1.165) is 37.9 Å². The number of hydrogen-bond acceptors (Lipinski definition) is 5. The second-order valence-corrected chi connectivity index (χ2v) is 8.72. The fraction of sp³-hybridized carbons (Fsp3) is 0.824. The highest BCUT2D eigenvalue weighted by Crippen LogP contribution is 2.48. The Bertz CT molecular complexity index is 541. The van der Waals surface area contributed by atoms with Crippen molar-refractivity contribution < 1.29 is 19.1 Å². The Kier molecular flexibility index (Phi) is 4.33. The van der Waals surface area contributed by atoms with Gasteiger partial charge in [-0.25, -0.2) is 0 Å². The maximum Gasteiger partial charge on any atom is 0.240 e. The summed E-state index contributed by atoms with van der Waals surface area (Å²) in [4.78, 5) is 38.7. The van der Waals surface area contributed by atoms with Crippen LogP contribution >= 0.6 is 11.8 Å². The summed E-state index contributed by atoms with van der Waals surface area (Å²) in [6, 6.07) is 0.161. The summed E-state index contributed by atoms with van der Waals surface area (Å²) in [5, 5.41) is 3.50. The van der Waals surface area contributed by atoms with Gasteiger partial charge in [-0.15, -0.1) is 0 Å². The highest BCUT2D eigenvalue weighted by atomic mass is 32.2. The summed E-state index contributed by atoms with van der Waals surface area (Å²) in [5.41, 5.74) is 0. The summed E-state index contributed by atoms with van der Waals surface area (Å²) in [7, 11) is 0. The van der Waals surface area contributed by atoms with E-state index in [1.54, 1.807) is 0 Å². The average Bonchev–Trinajstić information content (AvgIpc) is 3.30. The smallest absolute Gasteiger partial charge is 0.240 e. The zero-order valence-corrected chi connectivity index (χ0v) is 14.7. The van der Waals surface area contributed by atoms with Gasteiger partial charge < -0.3 is 10.1 Å². The van der Waals surface area contributed by atoms with Gasteiger partial charge in [-0.2, -0.15) is 11.8 Å². The average molecular weight is 352 g/mol. The first-order chi connectivity index (χ1) is 11.6. The lowest BCUT2D eigenvalue weighted by Gasteiger charge is -2.22. The lowest BCUT2D eigenvalue weighted by Crippen LogP contribution is -2.46. The summed E-state index contributed by atoms with van der Waals surface area (Å²) in [6.45, 7) is 1.99. The van der Waals surface area contributed by atoms with Gasteiger partial charge in [0.05, 0.1) is 24.0 Å². The Labute approximate surface area is 146 Å². The Morgan fingerprint density at radius 3 is 2.46 bits per heavy atom. The van der Waals surface area contributed by atoms with Crippen LogP contribution in [0.5, 0.6) is 0 Å². The molecule has 3 heterocycles. The van der Waals surface area contributed by atoms with E-state index < -0.39 is 0 Å². The second kappa shape index (κ2) is 6.33. The first-order valence-corrected chi connectivity index (χ1v) is 10.1. The molecule has 24 heavy (non-hydrogen) atoms. The third-order valence-corrected chi connectivity index (χ3v) is 7.18. The van der Waals surface area contributed by atoms with Crippen LogP contribution in [0.15, 0.2) is 0 Å². The zero-order chi connectivity index (χ0) is 16.8. The Morgan fingerprint density at radius 2 is 1.83 bits per heavy atom. The van der Waals surface area contributed by atoms with Crippen LogP contribution in [-0.4, -0.2) is 58.4 Å².